The molecule has 6 heteroatoms. The van der Waals surface area contributed by atoms with Crippen molar-refractivity contribution < 1.29 is 14.4 Å². The Labute approximate surface area is 106 Å². The second kappa shape index (κ2) is 6.09. The summed E-state index contributed by atoms with van der Waals surface area (Å²) in [6.45, 7) is 5.67. The minimum Gasteiger partial charge on any atom is -0.456 e. The van der Waals surface area contributed by atoms with E-state index in [1.807, 2.05) is 20.8 Å². The molecule has 0 aliphatic carbocycles. The van der Waals surface area contributed by atoms with Crippen LogP contribution in [0, 0.1) is 5.92 Å². The number of carbonyl (C=O) groups excluding carboxylic acids is 1. The molecular formula is C12H19N3O3. The Bertz CT molecular complexity index is 438. The maximum atomic E-state index is 11.9. The first-order valence-corrected chi connectivity index (χ1v) is 5.86. The molecule has 100 valence electrons. The van der Waals surface area contributed by atoms with E-state index in [0.717, 1.165) is 12.2 Å². The highest BCUT2D eigenvalue weighted by Gasteiger charge is 2.22. The third-order valence-electron chi connectivity index (χ3n) is 2.62. The van der Waals surface area contributed by atoms with Gasteiger partial charge in [-0.15, -0.1) is 0 Å². The molecule has 1 unspecified atom stereocenters. The molecule has 6 nitrogen and oxygen atoms in total. The van der Waals surface area contributed by atoms with E-state index in [1.165, 1.54) is 0 Å². The molecule has 0 aliphatic heterocycles. The quantitative estimate of drug-likeness (QED) is 0.319. The number of carbonyl (C=O) groups is 1. The Balaban J connectivity index is 2.78. The zero-order chi connectivity index (χ0) is 13.7. The average Bonchev–Trinajstić information content (AvgIpc) is 2.83. The SMILES string of the molecule is CCc1ccc(C(=O)NC(C(N)=NO)C(C)C)o1. The van der Waals surface area contributed by atoms with Gasteiger partial charge in [-0.1, -0.05) is 25.9 Å². The lowest BCUT2D eigenvalue weighted by molar-refractivity contribution is 0.0909. The monoisotopic (exact) mass is 253 g/mol. The Hall–Kier alpha value is -1.98. The summed E-state index contributed by atoms with van der Waals surface area (Å²) in [7, 11) is 0. The first kappa shape index (κ1) is 14.1. The van der Waals surface area contributed by atoms with Crippen LogP contribution in [0.3, 0.4) is 0 Å². The maximum Gasteiger partial charge on any atom is 0.287 e. The van der Waals surface area contributed by atoms with Gasteiger partial charge in [-0.05, 0) is 18.1 Å². The molecule has 18 heavy (non-hydrogen) atoms. The summed E-state index contributed by atoms with van der Waals surface area (Å²) < 4.78 is 5.33. The van der Waals surface area contributed by atoms with Crippen molar-refractivity contribution in [3.8, 4) is 0 Å². The highest BCUT2D eigenvalue weighted by atomic mass is 16.4. The first-order chi connectivity index (χ1) is 8.49. The predicted octanol–water partition coefficient (Wildman–Crippen LogP) is 1.34. The van der Waals surface area contributed by atoms with Crippen LogP contribution in [-0.2, 0) is 6.42 Å². The zero-order valence-corrected chi connectivity index (χ0v) is 10.8. The molecule has 0 spiro atoms. The van der Waals surface area contributed by atoms with Crippen LogP contribution in [0.15, 0.2) is 21.7 Å². The Morgan fingerprint density at radius 2 is 2.22 bits per heavy atom. The minimum absolute atomic E-state index is 0.00505. The summed E-state index contributed by atoms with van der Waals surface area (Å²) in [5.41, 5.74) is 5.53. The molecular weight excluding hydrogens is 234 g/mol. The number of oxime groups is 1. The van der Waals surface area contributed by atoms with Crippen molar-refractivity contribution in [3.05, 3.63) is 23.7 Å². The smallest absolute Gasteiger partial charge is 0.287 e. The highest BCUT2D eigenvalue weighted by molar-refractivity contribution is 5.96. The predicted molar refractivity (Wildman–Crippen MR) is 67.6 cm³/mol. The number of hydrogen-bond donors (Lipinski definition) is 3. The molecule has 1 atom stereocenters. The number of nitrogens with two attached hydrogens (primary N) is 1. The van der Waals surface area contributed by atoms with Crippen molar-refractivity contribution in [2.24, 2.45) is 16.8 Å². The fourth-order valence-electron chi connectivity index (χ4n) is 1.55. The molecule has 0 aromatic carbocycles. The van der Waals surface area contributed by atoms with Gasteiger partial charge in [0.25, 0.3) is 5.91 Å². The van der Waals surface area contributed by atoms with Gasteiger partial charge in [-0.25, -0.2) is 0 Å². The number of amidine groups is 1. The molecule has 0 bridgehead atoms. The van der Waals surface area contributed by atoms with Crippen LogP contribution in [0.25, 0.3) is 0 Å². The van der Waals surface area contributed by atoms with Gasteiger partial charge in [0.1, 0.15) is 5.76 Å². The molecule has 1 amide bonds. The molecule has 1 aromatic heterocycles. The zero-order valence-electron chi connectivity index (χ0n) is 10.8. The number of nitrogens with zero attached hydrogens (tertiary/aromatic N) is 1. The fourth-order valence-corrected chi connectivity index (χ4v) is 1.55. The molecule has 4 N–H and O–H groups in total. The lowest BCUT2D eigenvalue weighted by Gasteiger charge is -2.20. The first-order valence-electron chi connectivity index (χ1n) is 5.86. The van der Waals surface area contributed by atoms with Crippen LogP contribution in [-0.4, -0.2) is 23.0 Å². The van der Waals surface area contributed by atoms with E-state index in [-0.39, 0.29) is 23.4 Å². The van der Waals surface area contributed by atoms with E-state index < -0.39 is 6.04 Å². The van der Waals surface area contributed by atoms with Gasteiger partial charge < -0.3 is 20.7 Å². The standard InChI is InChI=1S/C12H19N3O3/c1-4-8-5-6-9(18-8)12(16)14-10(7(2)3)11(13)15-17/h5-7,10,17H,4H2,1-3H3,(H2,13,15)(H,14,16). The lowest BCUT2D eigenvalue weighted by atomic mass is 10.0. The van der Waals surface area contributed by atoms with E-state index in [0.29, 0.717) is 0 Å². The second-order valence-electron chi connectivity index (χ2n) is 4.34. The van der Waals surface area contributed by atoms with E-state index in [1.54, 1.807) is 12.1 Å². The molecule has 0 saturated carbocycles. The van der Waals surface area contributed by atoms with E-state index in [9.17, 15) is 4.79 Å². The van der Waals surface area contributed by atoms with Crippen molar-refractivity contribution >= 4 is 11.7 Å². The average molecular weight is 253 g/mol. The van der Waals surface area contributed by atoms with E-state index >= 15 is 0 Å². The molecule has 1 rings (SSSR count). The summed E-state index contributed by atoms with van der Waals surface area (Å²) in [5, 5.41) is 14.3. The van der Waals surface area contributed by atoms with Gasteiger partial charge in [-0.2, -0.15) is 0 Å². The van der Waals surface area contributed by atoms with Crippen molar-refractivity contribution in [2.75, 3.05) is 0 Å². The summed E-state index contributed by atoms with van der Waals surface area (Å²) in [6.07, 6.45) is 0.723. The Morgan fingerprint density at radius 1 is 1.56 bits per heavy atom. The van der Waals surface area contributed by atoms with Crippen molar-refractivity contribution in [1.29, 1.82) is 0 Å². The van der Waals surface area contributed by atoms with Gasteiger partial charge in [0.15, 0.2) is 11.6 Å². The summed E-state index contributed by atoms with van der Waals surface area (Å²) in [5.74, 6) is 0.569. The van der Waals surface area contributed by atoms with Gasteiger partial charge in [0.05, 0.1) is 6.04 Å². The molecule has 1 heterocycles. The molecule has 0 saturated heterocycles. The van der Waals surface area contributed by atoms with E-state index in [2.05, 4.69) is 10.5 Å². The van der Waals surface area contributed by atoms with Crippen molar-refractivity contribution in [3.63, 3.8) is 0 Å². The van der Waals surface area contributed by atoms with E-state index in [4.69, 9.17) is 15.4 Å². The normalized spacial score (nSPS) is 13.7. The molecule has 1 aromatic rings. The third kappa shape index (κ3) is 3.26. The van der Waals surface area contributed by atoms with Gasteiger partial charge in [0, 0.05) is 6.42 Å². The number of amides is 1. The number of hydrogen-bond acceptors (Lipinski definition) is 4. The minimum atomic E-state index is -0.530. The lowest BCUT2D eigenvalue weighted by Crippen LogP contribution is -2.47. The van der Waals surface area contributed by atoms with Gasteiger partial charge >= 0.3 is 0 Å². The molecule has 0 fully saturated rings. The topological polar surface area (TPSA) is 101 Å². The number of rotatable bonds is 5. The van der Waals surface area contributed by atoms with Crippen LogP contribution in [0.4, 0.5) is 0 Å². The van der Waals surface area contributed by atoms with Crippen LogP contribution in [0.2, 0.25) is 0 Å². The molecule has 0 aliphatic rings. The number of nitrogens with one attached hydrogen (secondary N) is 1. The van der Waals surface area contributed by atoms with Crippen LogP contribution < -0.4 is 11.1 Å². The summed E-state index contributed by atoms with van der Waals surface area (Å²) in [6, 6.07) is 2.83. The van der Waals surface area contributed by atoms with Crippen LogP contribution in [0.1, 0.15) is 37.1 Å². The summed E-state index contributed by atoms with van der Waals surface area (Å²) in [4.78, 5) is 11.9. The van der Waals surface area contributed by atoms with Gasteiger partial charge in [-0.3, -0.25) is 4.79 Å². The maximum absolute atomic E-state index is 11.9. The second-order valence-corrected chi connectivity index (χ2v) is 4.34. The van der Waals surface area contributed by atoms with Crippen molar-refractivity contribution in [2.45, 2.75) is 33.2 Å². The Morgan fingerprint density at radius 3 is 2.67 bits per heavy atom. The number of aryl methyl sites for hydroxylation is 1. The highest BCUT2D eigenvalue weighted by Crippen LogP contribution is 2.10. The third-order valence-corrected chi connectivity index (χ3v) is 2.62. The van der Waals surface area contributed by atoms with Crippen molar-refractivity contribution in [1.82, 2.24) is 5.32 Å². The fraction of sp³-hybridized carbons (Fsp3) is 0.500. The van der Waals surface area contributed by atoms with Crippen LogP contribution in [0.5, 0.6) is 0 Å². The number of furan rings is 1. The van der Waals surface area contributed by atoms with Gasteiger partial charge in [0.2, 0.25) is 0 Å². The van der Waals surface area contributed by atoms with Crippen LogP contribution >= 0.6 is 0 Å². The largest absolute Gasteiger partial charge is 0.456 e. The summed E-state index contributed by atoms with van der Waals surface area (Å²) >= 11 is 0. The molecule has 0 radical (unpaired) electrons. The Kier molecular flexibility index (Phi) is 4.76.